The van der Waals surface area contributed by atoms with E-state index in [1.54, 1.807) is 0 Å². The normalized spacial score (nSPS) is 16.6. The quantitative estimate of drug-likeness (QED) is 0.676. The van der Waals surface area contributed by atoms with Gasteiger partial charge in [0.2, 0.25) is 10.0 Å². The number of nitrogens with one attached hydrogen (secondary N) is 1. The average Bonchev–Trinajstić information content (AvgIpc) is 2.45. The van der Waals surface area contributed by atoms with Gasteiger partial charge in [-0.1, -0.05) is 34.5 Å². The first-order valence-corrected chi connectivity index (χ1v) is 10.2. The highest BCUT2D eigenvalue weighted by Gasteiger charge is 2.31. The predicted molar refractivity (Wildman–Crippen MR) is 92.4 cm³/mol. The van der Waals surface area contributed by atoms with Gasteiger partial charge in [-0.25, -0.2) is 13.1 Å². The number of ether oxygens (including phenoxy) is 1. The number of methoxy groups -OCH3 is 1. The summed E-state index contributed by atoms with van der Waals surface area (Å²) < 4.78 is 33.0. The van der Waals surface area contributed by atoms with Crippen LogP contribution in [0, 0.1) is 5.92 Å². The molecule has 23 heavy (non-hydrogen) atoms. The Morgan fingerprint density at radius 1 is 1.35 bits per heavy atom. The van der Waals surface area contributed by atoms with Crippen LogP contribution in [-0.4, -0.2) is 27.2 Å². The summed E-state index contributed by atoms with van der Waals surface area (Å²) in [6.07, 6.45) is 3.59. The fourth-order valence-electron chi connectivity index (χ4n) is 2.64. The van der Waals surface area contributed by atoms with Crippen LogP contribution in [-0.2, 0) is 19.6 Å². The minimum absolute atomic E-state index is 0.0676. The van der Waals surface area contributed by atoms with Gasteiger partial charge in [0.1, 0.15) is 0 Å². The highest BCUT2D eigenvalue weighted by atomic mass is 79.9. The highest BCUT2D eigenvalue weighted by Crippen LogP contribution is 2.38. The SMILES string of the molecule is COC(=O)CCCS(=O)(=O)NC(c1ccc(Br)cc1)C1CCC1. The van der Waals surface area contributed by atoms with Gasteiger partial charge in [0, 0.05) is 16.9 Å². The summed E-state index contributed by atoms with van der Waals surface area (Å²) in [6.45, 7) is 0. The Hall–Kier alpha value is -0.920. The Bertz CT molecular complexity index is 626. The van der Waals surface area contributed by atoms with Crippen LogP contribution in [0.4, 0.5) is 0 Å². The second kappa shape index (κ2) is 8.26. The van der Waals surface area contributed by atoms with E-state index in [0.717, 1.165) is 29.3 Å². The van der Waals surface area contributed by atoms with E-state index in [1.807, 2.05) is 24.3 Å². The lowest BCUT2D eigenvalue weighted by atomic mass is 9.77. The number of hydrogen-bond donors (Lipinski definition) is 1. The van der Waals surface area contributed by atoms with Crippen molar-refractivity contribution in [1.82, 2.24) is 4.72 Å². The van der Waals surface area contributed by atoms with Crippen molar-refractivity contribution in [3.8, 4) is 0 Å². The Balaban J connectivity index is 2.02. The van der Waals surface area contributed by atoms with Gasteiger partial charge >= 0.3 is 5.97 Å². The minimum Gasteiger partial charge on any atom is -0.469 e. The fourth-order valence-corrected chi connectivity index (χ4v) is 4.26. The molecular weight excluding hydrogens is 382 g/mol. The van der Waals surface area contributed by atoms with Crippen LogP contribution in [0.25, 0.3) is 0 Å². The third-order valence-electron chi connectivity index (χ3n) is 4.18. The summed E-state index contributed by atoms with van der Waals surface area (Å²) in [6, 6.07) is 7.55. The molecular formula is C16H22BrNO4S. The lowest BCUT2D eigenvalue weighted by Crippen LogP contribution is -2.37. The second-order valence-corrected chi connectivity index (χ2v) is 8.63. The number of benzene rings is 1. The number of carbonyl (C=O) groups is 1. The van der Waals surface area contributed by atoms with E-state index in [0.29, 0.717) is 5.92 Å². The number of rotatable bonds is 8. The number of sulfonamides is 1. The molecule has 1 aliphatic carbocycles. The van der Waals surface area contributed by atoms with E-state index in [-0.39, 0.29) is 30.6 Å². The fraction of sp³-hybridized carbons (Fsp3) is 0.562. The summed E-state index contributed by atoms with van der Waals surface area (Å²) in [5.41, 5.74) is 0.981. The Labute approximate surface area is 146 Å². The van der Waals surface area contributed by atoms with E-state index < -0.39 is 10.0 Å². The zero-order chi connectivity index (χ0) is 16.9. The van der Waals surface area contributed by atoms with Crippen LogP contribution in [0.1, 0.15) is 43.7 Å². The number of carbonyl (C=O) groups excluding carboxylic acids is 1. The third-order valence-corrected chi connectivity index (χ3v) is 6.15. The van der Waals surface area contributed by atoms with E-state index in [9.17, 15) is 13.2 Å². The van der Waals surface area contributed by atoms with Crippen LogP contribution in [0.15, 0.2) is 28.7 Å². The monoisotopic (exact) mass is 403 g/mol. The molecule has 1 fully saturated rings. The summed E-state index contributed by atoms with van der Waals surface area (Å²) in [5, 5.41) is 0. The molecule has 0 aliphatic heterocycles. The summed E-state index contributed by atoms with van der Waals surface area (Å²) in [7, 11) is -2.13. The molecule has 7 heteroatoms. The minimum atomic E-state index is -3.43. The molecule has 0 radical (unpaired) electrons. The molecule has 1 atom stereocenters. The van der Waals surface area contributed by atoms with Gasteiger partial charge in [0.25, 0.3) is 0 Å². The number of hydrogen-bond acceptors (Lipinski definition) is 4. The topological polar surface area (TPSA) is 72.5 Å². The number of esters is 1. The molecule has 0 aromatic heterocycles. The number of halogens is 1. The first-order chi connectivity index (χ1) is 10.9. The van der Waals surface area contributed by atoms with Crippen LogP contribution in [0.2, 0.25) is 0 Å². The van der Waals surface area contributed by atoms with Crippen molar-refractivity contribution in [1.29, 1.82) is 0 Å². The Morgan fingerprint density at radius 2 is 2.00 bits per heavy atom. The Morgan fingerprint density at radius 3 is 2.52 bits per heavy atom. The molecule has 1 aromatic carbocycles. The van der Waals surface area contributed by atoms with Gasteiger partial charge in [-0.15, -0.1) is 0 Å². The van der Waals surface area contributed by atoms with Crippen LogP contribution >= 0.6 is 15.9 Å². The van der Waals surface area contributed by atoms with Crippen molar-refractivity contribution in [2.45, 2.75) is 38.1 Å². The van der Waals surface area contributed by atoms with Crippen molar-refractivity contribution in [2.75, 3.05) is 12.9 Å². The lowest BCUT2D eigenvalue weighted by Gasteiger charge is -2.34. The maximum Gasteiger partial charge on any atom is 0.305 e. The molecule has 1 unspecified atom stereocenters. The maximum absolute atomic E-state index is 12.3. The summed E-state index contributed by atoms with van der Waals surface area (Å²) in [5.74, 6) is -0.114. The van der Waals surface area contributed by atoms with Gasteiger partial charge in [-0.2, -0.15) is 0 Å². The van der Waals surface area contributed by atoms with Crippen molar-refractivity contribution < 1.29 is 17.9 Å². The molecule has 1 saturated carbocycles. The molecule has 1 N–H and O–H groups in total. The van der Waals surface area contributed by atoms with Crippen molar-refractivity contribution in [2.24, 2.45) is 5.92 Å². The molecule has 128 valence electrons. The van der Waals surface area contributed by atoms with Crippen LogP contribution < -0.4 is 4.72 Å². The van der Waals surface area contributed by atoms with E-state index in [1.165, 1.54) is 7.11 Å². The zero-order valence-corrected chi connectivity index (χ0v) is 15.5. The highest BCUT2D eigenvalue weighted by molar-refractivity contribution is 9.10. The van der Waals surface area contributed by atoms with Gasteiger partial charge in [0.05, 0.1) is 12.9 Å². The third kappa shape index (κ3) is 5.58. The van der Waals surface area contributed by atoms with E-state index in [2.05, 4.69) is 25.4 Å². The molecule has 1 aromatic rings. The van der Waals surface area contributed by atoms with Gasteiger partial charge in [-0.05, 0) is 42.9 Å². The molecule has 0 saturated heterocycles. The predicted octanol–water partition coefficient (Wildman–Crippen LogP) is 3.16. The molecule has 0 heterocycles. The largest absolute Gasteiger partial charge is 0.469 e. The van der Waals surface area contributed by atoms with Crippen molar-refractivity contribution in [3.05, 3.63) is 34.3 Å². The van der Waals surface area contributed by atoms with E-state index >= 15 is 0 Å². The molecule has 0 bridgehead atoms. The first kappa shape index (κ1) is 18.4. The first-order valence-electron chi connectivity index (χ1n) is 7.73. The zero-order valence-electron chi connectivity index (χ0n) is 13.1. The van der Waals surface area contributed by atoms with Gasteiger partial charge < -0.3 is 4.74 Å². The molecule has 2 rings (SSSR count). The van der Waals surface area contributed by atoms with Gasteiger partial charge in [0.15, 0.2) is 0 Å². The van der Waals surface area contributed by atoms with Crippen molar-refractivity contribution >= 4 is 31.9 Å². The van der Waals surface area contributed by atoms with Crippen LogP contribution in [0.3, 0.4) is 0 Å². The van der Waals surface area contributed by atoms with Crippen molar-refractivity contribution in [3.63, 3.8) is 0 Å². The van der Waals surface area contributed by atoms with E-state index in [4.69, 9.17) is 0 Å². The van der Waals surface area contributed by atoms with Crippen LogP contribution in [0.5, 0.6) is 0 Å². The molecule has 0 spiro atoms. The average molecular weight is 404 g/mol. The Kier molecular flexibility index (Phi) is 6.61. The summed E-state index contributed by atoms with van der Waals surface area (Å²) in [4.78, 5) is 11.1. The maximum atomic E-state index is 12.3. The lowest BCUT2D eigenvalue weighted by molar-refractivity contribution is -0.140. The summed E-state index contributed by atoms with van der Waals surface area (Å²) >= 11 is 3.40. The standard InChI is InChI=1S/C16H22BrNO4S/c1-22-15(19)6-3-11-23(20,21)18-16(12-4-2-5-12)13-7-9-14(17)10-8-13/h7-10,12,16,18H,2-6,11H2,1H3. The smallest absolute Gasteiger partial charge is 0.305 e. The molecule has 1 aliphatic rings. The van der Waals surface area contributed by atoms with Gasteiger partial charge in [-0.3, -0.25) is 4.79 Å². The molecule has 0 amide bonds. The second-order valence-electron chi connectivity index (χ2n) is 5.84. The molecule has 5 nitrogen and oxygen atoms in total.